The molecule has 0 fully saturated rings. The van der Waals surface area contributed by atoms with Crippen LogP contribution < -0.4 is 4.72 Å². The summed E-state index contributed by atoms with van der Waals surface area (Å²) in [7, 11) is -3.64. The van der Waals surface area contributed by atoms with Gasteiger partial charge in [0.2, 0.25) is 10.0 Å². The number of sulfonamides is 1. The predicted octanol–water partition coefficient (Wildman–Crippen LogP) is 1.10. The van der Waals surface area contributed by atoms with Crippen LogP contribution >= 0.6 is 11.6 Å². The van der Waals surface area contributed by atoms with Crippen molar-refractivity contribution in [2.45, 2.75) is 12.6 Å². The van der Waals surface area contributed by atoms with Gasteiger partial charge >= 0.3 is 6.18 Å². The average Bonchev–Trinajstić information content (AvgIpc) is 1.82. The molecule has 0 unspecified atom stereocenters. The molecule has 13 heavy (non-hydrogen) atoms. The Hall–Kier alpha value is -0.0100. The van der Waals surface area contributed by atoms with E-state index in [0.717, 1.165) is 0 Å². The molecule has 3 nitrogen and oxygen atoms in total. The summed E-state index contributed by atoms with van der Waals surface area (Å²) in [6.45, 7) is -0.636. The molecule has 0 spiro atoms. The molecule has 0 saturated heterocycles. The largest absolute Gasteiger partial charge is 0.390 e. The van der Waals surface area contributed by atoms with Crippen LogP contribution in [0.4, 0.5) is 13.2 Å². The van der Waals surface area contributed by atoms with Crippen LogP contribution in [0.2, 0.25) is 0 Å². The number of rotatable bonds is 5. The molecule has 0 aromatic rings. The van der Waals surface area contributed by atoms with Gasteiger partial charge in [0.1, 0.15) is 0 Å². The van der Waals surface area contributed by atoms with E-state index in [1.165, 1.54) is 0 Å². The number of hydrogen-bond acceptors (Lipinski definition) is 2. The van der Waals surface area contributed by atoms with E-state index >= 15 is 0 Å². The van der Waals surface area contributed by atoms with Crippen LogP contribution in [0.1, 0.15) is 6.42 Å². The Balaban J connectivity index is 3.77. The lowest BCUT2D eigenvalue weighted by Gasteiger charge is -2.07. The highest BCUT2D eigenvalue weighted by Gasteiger charge is 2.27. The summed E-state index contributed by atoms with van der Waals surface area (Å²) in [6, 6.07) is 0. The van der Waals surface area contributed by atoms with Crippen LogP contribution in [-0.2, 0) is 10.0 Å². The first-order chi connectivity index (χ1) is 5.77. The third-order valence-corrected chi connectivity index (χ3v) is 2.87. The fourth-order valence-electron chi connectivity index (χ4n) is 0.522. The zero-order valence-electron chi connectivity index (χ0n) is 6.57. The first-order valence-electron chi connectivity index (χ1n) is 3.37. The minimum absolute atomic E-state index is 0.138. The van der Waals surface area contributed by atoms with Crippen molar-refractivity contribution in [1.29, 1.82) is 0 Å². The monoisotopic (exact) mass is 239 g/mol. The van der Waals surface area contributed by atoms with Gasteiger partial charge in [0.05, 0.1) is 12.2 Å². The van der Waals surface area contributed by atoms with Crippen LogP contribution in [0.3, 0.4) is 0 Å². The van der Waals surface area contributed by atoms with Gasteiger partial charge in [-0.2, -0.15) is 13.2 Å². The van der Waals surface area contributed by atoms with E-state index in [4.69, 9.17) is 11.6 Å². The summed E-state index contributed by atoms with van der Waals surface area (Å²) >= 11 is 5.11. The highest BCUT2D eigenvalue weighted by atomic mass is 35.5. The highest BCUT2D eigenvalue weighted by molar-refractivity contribution is 7.89. The van der Waals surface area contributed by atoms with Gasteiger partial charge in [0.25, 0.3) is 0 Å². The molecule has 0 rings (SSSR count). The molecule has 8 heteroatoms. The van der Waals surface area contributed by atoms with Crippen molar-refractivity contribution in [2.75, 3.05) is 18.2 Å². The van der Waals surface area contributed by atoms with E-state index in [2.05, 4.69) is 0 Å². The van der Waals surface area contributed by atoms with Gasteiger partial charge in [-0.05, 0) is 0 Å². The number of halogens is 4. The van der Waals surface area contributed by atoms with Crippen LogP contribution in [-0.4, -0.2) is 32.8 Å². The lowest BCUT2D eigenvalue weighted by atomic mass is 10.4. The van der Waals surface area contributed by atoms with Crippen LogP contribution in [0.5, 0.6) is 0 Å². The second-order valence-corrected chi connectivity index (χ2v) is 4.57. The standard InChI is InChI=1S/C5H9ClF3NO2S/c6-2-4-13(11,12)10-3-1-5(7,8)9/h10H,1-4H2. The summed E-state index contributed by atoms with van der Waals surface area (Å²) in [5.41, 5.74) is 0. The fourth-order valence-corrected chi connectivity index (χ4v) is 1.89. The topological polar surface area (TPSA) is 46.2 Å². The van der Waals surface area contributed by atoms with Gasteiger partial charge < -0.3 is 0 Å². The van der Waals surface area contributed by atoms with Crippen molar-refractivity contribution in [3.63, 3.8) is 0 Å². The number of nitrogens with one attached hydrogen (secondary N) is 1. The minimum atomic E-state index is -4.34. The first-order valence-corrected chi connectivity index (χ1v) is 5.55. The zero-order valence-corrected chi connectivity index (χ0v) is 8.14. The Labute approximate surface area is 79.3 Å². The van der Waals surface area contributed by atoms with Crippen molar-refractivity contribution in [3.05, 3.63) is 0 Å². The summed E-state index contributed by atoms with van der Waals surface area (Å²) < 4.78 is 58.0. The SMILES string of the molecule is O=S(=O)(CCCl)NCCC(F)(F)F. The molecule has 0 aliphatic rings. The summed E-state index contributed by atoms with van der Waals surface area (Å²) in [5.74, 6) is -0.506. The molecule has 0 radical (unpaired) electrons. The van der Waals surface area contributed by atoms with Gasteiger partial charge in [0.15, 0.2) is 0 Å². The van der Waals surface area contributed by atoms with Crippen molar-refractivity contribution in [1.82, 2.24) is 4.72 Å². The highest BCUT2D eigenvalue weighted by Crippen LogP contribution is 2.18. The van der Waals surface area contributed by atoms with Crippen LogP contribution in [0.25, 0.3) is 0 Å². The molecule has 0 aliphatic carbocycles. The van der Waals surface area contributed by atoms with Gasteiger partial charge in [-0.25, -0.2) is 13.1 Å². The minimum Gasteiger partial charge on any atom is -0.215 e. The van der Waals surface area contributed by atoms with E-state index in [9.17, 15) is 21.6 Å². The molecule has 0 aromatic carbocycles. The maximum Gasteiger partial charge on any atom is 0.390 e. The molecule has 0 amide bonds. The van der Waals surface area contributed by atoms with Crippen molar-refractivity contribution in [3.8, 4) is 0 Å². The Kier molecular flexibility index (Phi) is 5.01. The van der Waals surface area contributed by atoms with Crippen molar-refractivity contribution < 1.29 is 21.6 Å². The van der Waals surface area contributed by atoms with E-state index in [-0.39, 0.29) is 11.6 Å². The number of hydrogen-bond donors (Lipinski definition) is 1. The van der Waals surface area contributed by atoms with Crippen molar-refractivity contribution >= 4 is 21.6 Å². The second-order valence-electron chi connectivity index (χ2n) is 2.27. The molecule has 1 N–H and O–H groups in total. The Bertz CT molecular complexity index is 239. The van der Waals surface area contributed by atoms with Gasteiger partial charge in [0, 0.05) is 12.4 Å². The maximum atomic E-state index is 11.6. The Morgan fingerprint density at radius 1 is 1.31 bits per heavy atom. The molecule has 0 saturated carbocycles. The zero-order chi connectivity index (χ0) is 10.5. The quantitative estimate of drug-likeness (QED) is 0.731. The average molecular weight is 240 g/mol. The smallest absolute Gasteiger partial charge is 0.215 e. The molecule has 0 heterocycles. The summed E-state index contributed by atoms with van der Waals surface area (Å²) in [6.07, 6.45) is -5.52. The van der Waals surface area contributed by atoms with Crippen LogP contribution in [0.15, 0.2) is 0 Å². The Morgan fingerprint density at radius 3 is 2.23 bits per heavy atom. The summed E-state index contributed by atoms with van der Waals surface area (Å²) in [4.78, 5) is 0. The molecule has 80 valence electrons. The summed E-state index contributed by atoms with van der Waals surface area (Å²) in [5, 5.41) is 0. The maximum absolute atomic E-state index is 11.6. The fraction of sp³-hybridized carbons (Fsp3) is 1.00. The second kappa shape index (κ2) is 5.02. The first kappa shape index (κ1) is 13.0. The molecule has 0 aliphatic heterocycles. The van der Waals surface area contributed by atoms with Gasteiger partial charge in [-0.1, -0.05) is 0 Å². The van der Waals surface area contributed by atoms with Crippen molar-refractivity contribution in [2.24, 2.45) is 0 Å². The van der Waals surface area contributed by atoms with E-state index in [1.807, 2.05) is 0 Å². The molecule has 0 bridgehead atoms. The third-order valence-electron chi connectivity index (χ3n) is 1.08. The third kappa shape index (κ3) is 8.32. The lowest BCUT2D eigenvalue weighted by Crippen LogP contribution is -2.30. The molecular weight excluding hydrogens is 231 g/mol. The van der Waals surface area contributed by atoms with Crippen LogP contribution in [0, 0.1) is 0 Å². The molecule has 0 atom stereocenters. The van der Waals surface area contributed by atoms with Gasteiger partial charge in [-0.15, -0.1) is 11.6 Å². The molecular formula is C5H9ClF3NO2S. The van der Waals surface area contributed by atoms with E-state index in [0.29, 0.717) is 0 Å². The van der Waals surface area contributed by atoms with Gasteiger partial charge in [-0.3, -0.25) is 0 Å². The predicted molar refractivity (Wildman–Crippen MR) is 43.2 cm³/mol. The lowest BCUT2D eigenvalue weighted by molar-refractivity contribution is -0.132. The van der Waals surface area contributed by atoms with E-state index < -0.39 is 29.2 Å². The Morgan fingerprint density at radius 2 is 1.85 bits per heavy atom. The van der Waals surface area contributed by atoms with E-state index in [1.54, 1.807) is 4.72 Å². The normalized spacial score (nSPS) is 13.2. The molecule has 0 aromatic heterocycles. The number of alkyl halides is 4.